The van der Waals surface area contributed by atoms with Gasteiger partial charge in [-0.2, -0.15) is 0 Å². The lowest BCUT2D eigenvalue weighted by Crippen LogP contribution is -1.86. The zero-order chi connectivity index (χ0) is 5.54. The summed E-state index contributed by atoms with van der Waals surface area (Å²) in [7, 11) is 0.364. The molecule has 0 aromatic heterocycles. The Balaban J connectivity index is 2.45. The Labute approximate surface area is 56.6 Å². The van der Waals surface area contributed by atoms with E-state index in [4.69, 9.17) is 0 Å². The molecule has 0 heterocycles. The van der Waals surface area contributed by atoms with Crippen LogP contribution < -0.4 is 0 Å². The first kappa shape index (κ1) is 7.70. The van der Waals surface area contributed by atoms with Gasteiger partial charge in [-0.15, -0.1) is 0 Å². The lowest BCUT2D eigenvalue weighted by molar-refractivity contribution is 1.07. The summed E-state index contributed by atoms with van der Waals surface area (Å²) >= 11 is 3.41. The molecule has 0 atom stereocenters. The first-order valence-electron chi connectivity index (χ1n) is 2.97. The summed E-state index contributed by atoms with van der Waals surface area (Å²) in [6.45, 7) is 2.27. The molecule has 0 amide bonds. The van der Waals surface area contributed by atoms with Crippen LogP contribution in [0.15, 0.2) is 0 Å². The van der Waals surface area contributed by atoms with E-state index in [-0.39, 0.29) is 0 Å². The molecule has 44 valence electrons. The Kier molecular flexibility index (Phi) is 7.36. The number of halogens is 1. The number of rotatable bonds is 4. The van der Waals surface area contributed by atoms with Gasteiger partial charge in [0.1, 0.15) is 0 Å². The Bertz CT molecular complexity index is 27.3. The largest absolute Gasteiger partial charge is 0.0931 e. The Hall–Kier alpha value is 0.697. The van der Waals surface area contributed by atoms with Gasteiger partial charge in [0.25, 0.3) is 0 Å². The second-order valence-corrected chi connectivity index (χ2v) is 4.66. The molecule has 0 spiro atoms. The first-order valence-corrected chi connectivity index (χ1v) is 6.10. The number of hydrogen-bond acceptors (Lipinski definition) is 0. The van der Waals surface area contributed by atoms with Crippen LogP contribution in [-0.4, -0.2) is 14.8 Å². The highest BCUT2D eigenvalue weighted by Gasteiger charge is 1.82. The highest BCUT2D eigenvalue weighted by Crippen LogP contribution is 1.92. The molecule has 0 aromatic rings. The van der Waals surface area contributed by atoms with Crippen LogP contribution in [-0.2, 0) is 0 Å². The Morgan fingerprint density at radius 1 is 1.43 bits per heavy atom. The lowest BCUT2D eigenvalue weighted by atomic mass is 10.6. The third-order valence-corrected chi connectivity index (χ3v) is 4.64. The molecule has 0 aliphatic rings. The fourth-order valence-corrected chi connectivity index (χ4v) is 2.75. The second kappa shape index (κ2) is 6.70. The van der Waals surface area contributed by atoms with Crippen LogP contribution in [0.1, 0.15) is 13.3 Å². The summed E-state index contributed by atoms with van der Waals surface area (Å²) in [5.74, 6) is 0. The smallest absolute Gasteiger partial charge is 0.0207 e. The van der Waals surface area contributed by atoms with Crippen LogP contribution >= 0.6 is 15.9 Å². The van der Waals surface area contributed by atoms with E-state index >= 15 is 0 Å². The molecular formula is C5H13BrSi. The van der Waals surface area contributed by atoms with Gasteiger partial charge < -0.3 is 0 Å². The van der Waals surface area contributed by atoms with E-state index in [1.807, 2.05) is 0 Å². The molecule has 0 bridgehead atoms. The minimum Gasteiger partial charge on any atom is -0.0931 e. The topological polar surface area (TPSA) is 0 Å². The van der Waals surface area contributed by atoms with Gasteiger partial charge in [0.15, 0.2) is 0 Å². The van der Waals surface area contributed by atoms with E-state index in [0.717, 1.165) is 0 Å². The average Bonchev–Trinajstić information content (AvgIpc) is 1.69. The Morgan fingerprint density at radius 3 is 2.57 bits per heavy atom. The number of alkyl halides is 1. The van der Waals surface area contributed by atoms with Crippen molar-refractivity contribution in [2.75, 3.05) is 5.33 Å². The predicted molar refractivity (Wildman–Crippen MR) is 42.2 cm³/mol. The van der Waals surface area contributed by atoms with E-state index < -0.39 is 0 Å². The summed E-state index contributed by atoms with van der Waals surface area (Å²) in [5.41, 5.74) is 0. The summed E-state index contributed by atoms with van der Waals surface area (Å²) in [4.78, 5) is 0. The zero-order valence-corrected chi connectivity index (χ0v) is 7.91. The van der Waals surface area contributed by atoms with Gasteiger partial charge in [0.05, 0.1) is 0 Å². The van der Waals surface area contributed by atoms with E-state index in [0.29, 0.717) is 9.52 Å². The van der Waals surface area contributed by atoms with Gasteiger partial charge in [0, 0.05) is 14.8 Å². The molecular weight excluding hydrogens is 168 g/mol. The highest BCUT2D eigenvalue weighted by molar-refractivity contribution is 9.09. The molecule has 0 unspecified atom stereocenters. The van der Waals surface area contributed by atoms with E-state index in [1.54, 1.807) is 0 Å². The summed E-state index contributed by atoms with van der Waals surface area (Å²) in [5, 5.41) is 1.24. The molecule has 0 aliphatic heterocycles. The fraction of sp³-hybridized carbons (Fsp3) is 1.00. The van der Waals surface area contributed by atoms with Crippen LogP contribution in [0.25, 0.3) is 0 Å². The monoisotopic (exact) mass is 180 g/mol. The van der Waals surface area contributed by atoms with Gasteiger partial charge in [-0.05, 0) is 0 Å². The van der Waals surface area contributed by atoms with Crippen molar-refractivity contribution in [2.24, 2.45) is 0 Å². The van der Waals surface area contributed by atoms with Crippen molar-refractivity contribution in [3.05, 3.63) is 0 Å². The van der Waals surface area contributed by atoms with Crippen molar-refractivity contribution < 1.29 is 0 Å². The van der Waals surface area contributed by atoms with Crippen molar-refractivity contribution in [1.82, 2.24) is 0 Å². The molecule has 2 heteroatoms. The molecule has 0 nitrogen and oxygen atoms in total. The van der Waals surface area contributed by atoms with Crippen molar-refractivity contribution in [1.29, 1.82) is 0 Å². The zero-order valence-electron chi connectivity index (χ0n) is 4.91. The van der Waals surface area contributed by atoms with Gasteiger partial charge in [-0.3, -0.25) is 0 Å². The molecule has 0 aromatic carbocycles. The van der Waals surface area contributed by atoms with Gasteiger partial charge in [0.2, 0.25) is 0 Å². The van der Waals surface area contributed by atoms with Gasteiger partial charge in [-0.25, -0.2) is 0 Å². The quantitative estimate of drug-likeness (QED) is 0.352. The van der Waals surface area contributed by atoms with Crippen LogP contribution in [0.2, 0.25) is 12.1 Å². The third-order valence-electron chi connectivity index (χ3n) is 0.987. The van der Waals surface area contributed by atoms with Crippen molar-refractivity contribution in [2.45, 2.75) is 25.4 Å². The second-order valence-electron chi connectivity index (χ2n) is 1.75. The normalized spacial score (nSPS) is 11.1. The summed E-state index contributed by atoms with van der Waals surface area (Å²) in [6.07, 6.45) is 1.40. The molecule has 0 fully saturated rings. The standard InChI is InChI=1S/C5H13BrSi/c1-2-4-7-5-3-6/h2-5,7H2,1H3. The van der Waals surface area contributed by atoms with E-state index in [2.05, 4.69) is 22.9 Å². The minimum atomic E-state index is 0.364. The highest BCUT2D eigenvalue weighted by atomic mass is 79.9. The van der Waals surface area contributed by atoms with E-state index in [1.165, 1.54) is 23.8 Å². The molecule has 0 saturated carbocycles. The summed E-state index contributed by atoms with van der Waals surface area (Å²) < 4.78 is 0. The molecule has 0 rings (SSSR count). The third kappa shape index (κ3) is 6.70. The lowest BCUT2D eigenvalue weighted by Gasteiger charge is -1.88. The van der Waals surface area contributed by atoms with Crippen LogP contribution in [0.3, 0.4) is 0 Å². The minimum absolute atomic E-state index is 0.364. The Morgan fingerprint density at radius 2 is 2.14 bits per heavy atom. The van der Waals surface area contributed by atoms with Crippen molar-refractivity contribution in [3.8, 4) is 0 Å². The molecule has 7 heavy (non-hydrogen) atoms. The van der Waals surface area contributed by atoms with E-state index in [9.17, 15) is 0 Å². The van der Waals surface area contributed by atoms with Crippen LogP contribution in [0.5, 0.6) is 0 Å². The van der Waals surface area contributed by atoms with Crippen molar-refractivity contribution >= 4 is 25.4 Å². The SMILES string of the molecule is CCC[SiH2]CCBr. The van der Waals surface area contributed by atoms with Gasteiger partial charge in [-0.1, -0.05) is 41.4 Å². The van der Waals surface area contributed by atoms with Crippen LogP contribution in [0.4, 0.5) is 0 Å². The fourth-order valence-electron chi connectivity index (χ4n) is 0.521. The molecule has 0 aliphatic carbocycles. The average molecular weight is 181 g/mol. The molecule has 0 N–H and O–H groups in total. The maximum Gasteiger partial charge on any atom is 0.0207 e. The molecule has 0 saturated heterocycles. The maximum absolute atomic E-state index is 3.41. The van der Waals surface area contributed by atoms with Crippen molar-refractivity contribution in [3.63, 3.8) is 0 Å². The summed E-state index contributed by atoms with van der Waals surface area (Å²) in [6, 6.07) is 3.01. The number of hydrogen-bond donors (Lipinski definition) is 0. The first-order chi connectivity index (χ1) is 3.41. The van der Waals surface area contributed by atoms with Crippen LogP contribution in [0, 0.1) is 0 Å². The van der Waals surface area contributed by atoms with Gasteiger partial charge >= 0.3 is 0 Å². The predicted octanol–water partition coefficient (Wildman–Crippen LogP) is 1.80. The maximum atomic E-state index is 3.41. The molecule has 0 radical (unpaired) electrons.